The van der Waals surface area contributed by atoms with Gasteiger partial charge in [-0.25, -0.2) is 0 Å². The number of piperidine rings is 1. The summed E-state index contributed by atoms with van der Waals surface area (Å²) in [6.45, 7) is 2.13. The Morgan fingerprint density at radius 2 is 2.00 bits per heavy atom. The molecule has 0 amide bonds. The number of carboxylic acid groups (broad SMARTS) is 1. The van der Waals surface area contributed by atoms with E-state index >= 15 is 0 Å². The first kappa shape index (κ1) is 14.7. The van der Waals surface area contributed by atoms with Gasteiger partial charge in [0.15, 0.2) is 0 Å². The van der Waals surface area contributed by atoms with Crippen LogP contribution in [0.1, 0.15) is 32.6 Å². The van der Waals surface area contributed by atoms with E-state index < -0.39 is 27.8 Å². The van der Waals surface area contributed by atoms with Gasteiger partial charge in [-0.05, 0) is 25.7 Å². The molecule has 2 fully saturated rings. The number of rotatable bonds is 4. The molecule has 2 aliphatic heterocycles. The Morgan fingerprint density at radius 3 is 2.53 bits per heavy atom. The number of aliphatic carboxylic acids is 1. The summed E-state index contributed by atoms with van der Waals surface area (Å²) in [5.41, 5.74) is -0.957. The van der Waals surface area contributed by atoms with E-state index in [1.807, 2.05) is 0 Å². The summed E-state index contributed by atoms with van der Waals surface area (Å²) in [7, 11) is -3.77. The van der Waals surface area contributed by atoms with E-state index in [0.717, 1.165) is 15.0 Å². The predicted octanol–water partition coefficient (Wildman–Crippen LogP) is -0.373. The molecule has 110 valence electrons. The van der Waals surface area contributed by atoms with Crippen molar-refractivity contribution in [2.75, 3.05) is 19.6 Å². The summed E-state index contributed by atoms with van der Waals surface area (Å²) in [6.07, 6.45) is 2.23. The molecule has 0 aliphatic carbocycles. The first-order valence-electron chi connectivity index (χ1n) is 6.52. The van der Waals surface area contributed by atoms with Crippen molar-refractivity contribution >= 4 is 16.2 Å². The van der Waals surface area contributed by atoms with Crippen molar-refractivity contribution in [1.82, 2.24) is 8.61 Å². The third-order valence-corrected chi connectivity index (χ3v) is 5.90. The molecular weight excluding hydrogens is 272 g/mol. The minimum Gasteiger partial charge on any atom is -0.480 e. The maximum Gasteiger partial charge on any atom is 0.322 e. The van der Waals surface area contributed by atoms with Gasteiger partial charge < -0.3 is 10.2 Å². The van der Waals surface area contributed by atoms with Crippen LogP contribution in [0.5, 0.6) is 0 Å². The summed E-state index contributed by atoms with van der Waals surface area (Å²) < 4.78 is 27.0. The third kappa shape index (κ3) is 2.62. The van der Waals surface area contributed by atoms with Crippen molar-refractivity contribution in [2.45, 2.75) is 44.2 Å². The molecular formula is C11H20N2O5S. The number of carboxylic acids is 1. The van der Waals surface area contributed by atoms with Crippen LogP contribution in [0.4, 0.5) is 0 Å². The fourth-order valence-electron chi connectivity index (χ4n) is 2.57. The Labute approximate surface area is 113 Å². The Kier molecular flexibility index (Phi) is 3.87. The molecule has 2 N–H and O–H groups in total. The summed E-state index contributed by atoms with van der Waals surface area (Å²) in [5.74, 6) is -1.10. The Balaban J connectivity index is 2.13. The number of hydrogen-bond acceptors (Lipinski definition) is 4. The third-order valence-electron chi connectivity index (χ3n) is 3.96. The average molecular weight is 292 g/mol. The molecule has 0 aromatic carbocycles. The Morgan fingerprint density at radius 1 is 1.37 bits per heavy atom. The highest BCUT2D eigenvalue weighted by Gasteiger charge is 2.49. The molecule has 0 aromatic heterocycles. The number of hydrogen-bond donors (Lipinski definition) is 2. The number of aliphatic hydroxyl groups is 1. The molecule has 0 bridgehead atoms. The molecule has 8 heteroatoms. The van der Waals surface area contributed by atoms with Crippen molar-refractivity contribution < 1.29 is 23.4 Å². The van der Waals surface area contributed by atoms with Crippen molar-refractivity contribution in [1.29, 1.82) is 0 Å². The van der Waals surface area contributed by atoms with Gasteiger partial charge in [0, 0.05) is 19.6 Å². The maximum atomic E-state index is 12.4. The fraction of sp³-hybridized carbons (Fsp3) is 0.909. The smallest absolute Gasteiger partial charge is 0.322 e. The largest absolute Gasteiger partial charge is 0.480 e. The number of nitrogens with zero attached hydrogens (tertiary/aromatic N) is 2. The quantitative estimate of drug-likeness (QED) is 0.736. The van der Waals surface area contributed by atoms with Gasteiger partial charge in [0.1, 0.15) is 6.04 Å². The lowest BCUT2D eigenvalue weighted by molar-refractivity contribution is -0.142. The maximum absolute atomic E-state index is 12.4. The first-order chi connectivity index (χ1) is 8.80. The van der Waals surface area contributed by atoms with Crippen LogP contribution in [0, 0.1) is 0 Å². The van der Waals surface area contributed by atoms with Crippen molar-refractivity contribution in [3.05, 3.63) is 0 Å². The summed E-state index contributed by atoms with van der Waals surface area (Å²) in [4.78, 5) is 11.1. The van der Waals surface area contributed by atoms with E-state index in [-0.39, 0.29) is 19.6 Å². The molecule has 2 rings (SSSR count). The molecule has 1 atom stereocenters. The minimum atomic E-state index is -3.77. The Bertz CT molecular complexity index is 458. The van der Waals surface area contributed by atoms with Gasteiger partial charge in [-0.15, -0.1) is 0 Å². The molecule has 0 radical (unpaired) electrons. The highest BCUT2D eigenvalue weighted by Crippen LogP contribution is 2.31. The van der Waals surface area contributed by atoms with Crippen LogP contribution in [0.25, 0.3) is 0 Å². The van der Waals surface area contributed by atoms with E-state index in [2.05, 4.69) is 0 Å². The highest BCUT2D eigenvalue weighted by molar-refractivity contribution is 7.86. The van der Waals surface area contributed by atoms with Gasteiger partial charge in [-0.1, -0.05) is 6.92 Å². The standard InChI is InChI=1S/C11H20N2O5S/c1-2-11(16)7-12(8-11)19(17,18)13-6-4-3-5-9(13)10(14)15/h9,16H,2-8H2,1H3,(H,14,15). The van der Waals surface area contributed by atoms with Gasteiger partial charge in [0.25, 0.3) is 10.2 Å². The lowest BCUT2D eigenvalue weighted by Crippen LogP contribution is -2.67. The topological polar surface area (TPSA) is 98.2 Å². The van der Waals surface area contributed by atoms with Crippen LogP contribution in [-0.2, 0) is 15.0 Å². The zero-order valence-electron chi connectivity index (χ0n) is 10.9. The van der Waals surface area contributed by atoms with Crippen LogP contribution < -0.4 is 0 Å². The van der Waals surface area contributed by atoms with Crippen LogP contribution in [0.2, 0.25) is 0 Å². The van der Waals surface area contributed by atoms with Gasteiger partial charge in [-0.2, -0.15) is 17.0 Å². The van der Waals surface area contributed by atoms with Gasteiger partial charge in [0.05, 0.1) is 5.60 Å². The molecule has 2 saturated heterocycles. The van der Waals surface area contributed by atoms with Crippen molar-refractivity contribution in [3.63, 3.8) is 0 Å². The van der Waals surface area contributed by atoms with Crippen LogP contribution in [0.3, 0.4) is 0 Å². The summed E-state index contributed by atoms with van der Waals surface area (Å²) in [5, 5.41) is 19.0. The van der Waals surface area contributed by atoms with Crippen LogP contribution >= 0.6 is 0 Å². The number of β-amino-alcohol motifs (C(OH)–C–C–N with tert-alkyl or cyclic N) is 1. The van der Waals surface area contributed by atoms with Crippen LogP contribution in [-0.4, -0.2) is 64.5 Å². The minimum absolute atomic E-state index is 0.0503. The molecule has 0 aromatic rings. The SMILES string of the molecule is CCC1(O)CN(S(=O)(=O)N2CCCCC2C(=O)O)C1. The zero-order valence-corrected chi connectivity index (χ0v) is 11.8. The molecule has 2 aliphatic rings. The first-order valence-corrected chi connectivity index (χ1v) is 7.92. The van der Waals surface area contributed by atoms with Crippen molar-refractivity contribution in [3.8, 4) is 0 Å². The molecule has 7 nitrogen and oxygen atoms in total. The molecule has 1 unspecified atom stereocenters. The summed E-state index contributed by atoms with van der Waals surface area (Å²) >= 11 is 0. The normalized spacial score (nSPS) is 28.8. The molecule has 19 heavy (non-hydrogen) atoms. The van der Waals surface area contributed by atoms with Crippen LogP contribution in [0.15, 0.2) is 0 Å². The molecule has 2 heterocycles. The average Bonchev–Trinajstić information content (AvgIpc) is 2.34. The van der Waals surface area contributed by atoms with Gasteiger partial charge >= 0.3 is 5.97 Å². The van der Waals surface area contributed by atoms with E-state index in [1.54, 1.807) is 6.92 Å². The number of carbonyl (C=O) groups is 1. The van der Waals surface area contributed by atoms with E-state index in [0.29, 0.717) is 19.3 Å². The van der Waals surface area contributed by atoms with E-state index in [1.165, 1.54) is 0 Å². The highest BCUT2D eigenvalue weighted by atomic mass is 32.2. The second kappa shape index (κ2) is 5.01. The second-order valence-electron chi connectivity index (χ2n) is 5.31. The Hall–Kier alpha value is -0.700. The monoisotopic (exact) mass is 292 g/mol. The van der Waals surface area contributed by atoms with Crippen molar-refractivity contribution in [2.24, 2.45) is 0 Å². The molecule has 0 spiro atoms. The lowest BCUT2D eigenvalue weighted by atomic mass is 9.94. The second-order valence-corrected chi connectivity index (χ2v) is 7.20. The fourth-order valence-corrected chi connectivity index (χ4v) is 4.55. The predicted molar refractivity (Wildman–Crippen MR) is 67.7 cm³/mol. The lowest BCUT2D eigenvalue weighted by Gasteiger charge is -2.47. The zero-order chi connectivity index (χ0) is 14.3. The summed E-state index contributed by atoms with van der Waals surface area (Å²) in [6, 6.07) is -0.978. The molecule has 0 saturated carbocycles. The van der Waals surface area contributed by atoms with Gasteiger partial charge in [0.2, 0.25) is 0 Å². The van der Waals surface area contributed by atoms with E-state index in [9.17, 15) is 18.3 Å². The van der Waals surface area contributed by atoms with Gasteiger partial charge in [-0.3, -0.25) is 4.79 Å². The van der Waals surface area contributed by atoms with E-state index in [4.69, 9.17) is 5.11 Å².